The SMILES string of the molecule is COc1cc(C=CC(=O)N(CCN(C)C)Cc2ccc(F)cc2F)cc2c1OCCO2. The van der Waals surface area contributed by atoms with E-state index in [9.17, 15) is 13.6 Å². The molecule has 8 heteroatoms. The number of benzene rings is 2. The predicted molar refractivity (Wildman–Crippen MR) is 113 cm³/mol. The summed E-state index contributed by atoms with van der Waals surface area (Å²) in [6.45, 7) is 1.90. The highest BCUT2D eigenvalue weighted by molar-refractivity contribution is 5.92. The molecule has 1 amide bonds. The first-order valence-electron chi connectivity index (χ1n) is 9.90. The maximum absolute atomic E-state index is 14.1. The first kappa shape index (κ1) is 22.6. The van der Waals surface area contributed by atoms with Gasteiger partial charge in [-0.1, -0.05) is 6.07 Å². The van der Waals surface area contributed by atoms with E-state index in [1.807, 2.05) is 19.0 Å². The molecular weight excluding hydrogens is 406 g/mol. The van der Waals surface area contributed by atoms with Gasteiger partial charge in [-0.05, 0) is 43.9 Å². The van der Waals surface area contributed by atoms with E-state index in [2.05, 4.69) is 0 Å². The van der Waals surface area contributed by atoms with Crippen LogP contribution in [0.2, 0.25) is 0 Å². The summed E-state index contributed by atoms with van der Waals surface area (Å²) in [6.07, 6.45) is 3.06. The van der Waals surface area contributed by atoms with Crippen molar-refractivity contribution in [2.75, 3.05) is 47.5 Å². The molecule has 0 unspecified atom stereocenters. The van der Waals surface area contributed by atoms with Crippen LogP contribution in [0.4, 0.5) is 8.78 Å². The molecule has 3 rings (SSSR count). The van der Waals surface area contributed by atoms with Crippen LogP contribution in [0.3, 0.4) is 0 Å². The molecule has 6 nitrogen and oxygen atoms in total. The van der Waals surface area contributed by atoms with Gasteiger partial charge < -0.3 is 24.0 Å². The number of carbonyl (C=O) groups is 1. The van der Waals surface area contributed by atoms with Gasteiger partial charge >= 0.3 is 0 Å². The quantitative estimate of drug-likeness (QED) is 0.599. The van der Waals surface area contributed by atoms with E-state index in [4.69, 9.17) is 14.2 Å². The minimum absolute atomic E-state index is 0.0353. The fraction of sp³-hybridized carbons (Fsp3) is 0.348. The van der Waals surface area contributed by atoms with Crippen LogP contribution in [0.5, 0.6) is 17.2 Å². The van der Waals surface area contributed by atoms with Crippen molar-refractivity contribution in [3.05, 3.63) is 59.2 Å². The van der Waals surface area contributed by atoms with Crippen molar-refractivity contribution in [3.63, 3.8) is 0 Å². The van der Waals surface area contributed by atoms with E-state index in [-0.39, 0.29) is 18.0 Å². The summed E-state index contributed by atoms with van der Waals surface area (Å²) in [7, 11) is 5.31. The molecular formula is C23H26F2N2O4. The molecule has 0 saturated carbocycles. The van der Waals surface area contributed by atoms with Crippen LogP contribution in [0.1, 0.15) is 11.1 Å². The Morgan fingerprint density at radius 3 is 2.61 bits per heavy atom. The summed E-state index contributed by atoms with van der Waals surface area (Å²) in [5.41, 5.74) is 0.956. The van der Waals surface area contributed by atoms with Gasteiger partial charge in [-0.25, -0.2) is 8.78 Å². The molecule has 0 N–H and O–H groups in total. The van der Waals surface area contributed by atoms with E-state index >= 15 is 0 Å². The molecule has 166 valence electrons. The van der Waals surface area contributed by atoms with Crippen LogP contribution >= 0.6 is 0 Å². The van der Waals surface area contributed by atoms with Crippen LogP contribution in [0.15, 0.2) is 36.4 Å². The van der Waals surface area contributed by atoms with E-state index in [1.165, 1.54) is 30.2 Å². The lowest BCUT2D eigenvalue weighted by Gasteiger charge is -2.24. The molecule has 0 atom stereocenters. The zero-order valence-corrected chi connectivity index (χ0v) is 17.9. The highest BCUT2D eigenvalue weighted by Crippen LogP contribution is 2.40. The number of nitrogens with zero attached hydrogens (tertiary/aromatic N) is 2. The van der Waals surface area contributed by atoms with Gasteiger partial charge in [-0.3, -0.25) is 4.79 Å². The molecule has 0 radical (unpaired) electrons. The maximum atomic E-state index is 14.1. The lowest BCUT2D eigenvalue weighted by atomic mass is 10.1. The topological polar surface area (TPSA) is 51.2 Å². The molecule has 0 bridgehead atoms. The monoisotopic (exact) mass is 432 g/mol. The van der Waals surface area contributed by atoms with Crippen molar-refractivity contribution in [1.82, 2.24) is 9.80 Å². The molecule has 0 aliphatic carbocycles. The van der Waals surface area contributed by atoms with Crippen LogP contribution in [0, 0.1) is 11.6 Å². The van der Waals surface area contributed by atoms with Gasteiger partial charge in [0.25, 0.3) is 0 Å². The lowest BCUT2D eigenvalue weighted by Crippen LogP contribution is -2.35. The van der Waals surface area contributed by atoms with Gasteiger partial charge in [-0.2, -0.15) is 0 Å². The van der Waals surface area contributed by atoms with Crippen LogP contribution in [-0.4, -0.2) is 63.2 Å². The van der Waals surface area contributed by atoms with Crippen molar-refractivity contribution < 1.29 is 27.8 Å². The highest BCUT2D eigenvalue weighted by atomic mass is 19.1. The van der Waals surface area contributed by atoms with Crippen molar-refractivity contribution in [2.45, 2.75) is 6.54 Å². The predicted octanol–water partition coefficient (Wildman–Crippen LogP) is 3.35. The molecule has 1 aliphatic heterocycles. The Bertz CT molecular complexity index is 946. The number of carbonyl (C=O) groups excluding carboxylic acids is 1. The number of likely N-dealkylation sites (N-methyl/N-ethyl adjacent to an activating group) is 1. The van der Waals surface area contributed by atoms with Crippen LogP contribution < -0.4 is 14.2 Å². The summed E-state index contributed by atoms with van der Waals surface area (Å²) in [5.74, 6) is -0.0168. The lowest BCUT2D eigenvalue weighted by molar-refractivity contribution is -0.126. The average molecular weight is 432 g/mol. The average Bonchev–Trinajstić information content (AvgIpc) is 2.75. The van der Waals surface area contributed by atoms with Gasteiger partial charge in [-0.15, -0.1) is 0 Å². The number of hydrogen-bond donors (Lipinski definition) is 0. The third kappa shape index (κ3) is 5.95. The summed E-state index contributed by atoms with van der Waals surface area (Å²) < 4.78 is 43.9. The molecule has 0 aromatic heterocycles. The van der Waals surface area contributed by atoms with E-state index < -0.39 is 11.6 Å². The van der Waals surface area contributed by atoms with Crippen molar-refractivity contribution >= 4 is 12.0 Å². The Morgan fingerprint density at radius 1 is 1.13 bits per heavy atom. The minimum Gasteiger partial charge on any atom is -0.493 e. The second-order valence-corrected chi connectivity index (χ2v) is 7.38. The number of halogens is 2. The maximum Gasteiger partial charge on any atom is 0.246 e. The van der Waals surface area contributed by atoms with Gasteiger partial charge in [0.05, 0.1) is 7.11 Å². The number of fused-ring (bicyclic) bond motifs is 1. The molecule has 0 fully saturated rings. The van der Waals surface area contributed by atoms with Crippen molar-refractivity contribution in [3.8, 4) is 17.2 Å². The summed E-state index contributed by atoms with van der Waals surface area (Å²) in [6, 6.07) is 6.88. The normalized spacial score (nSPS) is 13.0. The molecule has 0 saturated heterocycles. The molecule has 1 aliphatic rings. The number of rotatable bonds is 8. The van der Waals surface area contributed by atoms with E-state index in [1.54, 1.807) is 18.2 Å². The second-order valence-electron chi connectivity index (χ2n) is 7.38. The van der Waals surface area contributed by atoms with Gasteiger partial charge in [0.2, 0.25) is 11.7 Å². The summed E-state index contributed by atoms with van der Waals surface area (Å²) >= 11 is 0. The Balaban J connectivity index is 1.80. The van der Waals surface area contributed by atoms with E-state index in [0.29, 0.717) is 49.1 Å². The number of hydrogen-bond acceptors (Lipinski definition) is 5. The highest BCUT2D eigenvalue weighted by Gasteiger charge is 2.19. The fourth-order valence-electron chi connectivity index (χ4n) is 3.11. The van der Waals surface area contributed by atoms with Gasteiger partial charge in [0, 0.05) is 37.3 Å². The first-order chi connectivity index (χ1) is 14.9. The molecule has 2 aromatic carbocycles. The molecule has 2 aromatic rings. The largest absolute Gasteiger partial charge is 0.493 e. The number of amides is 1. The zero-order chi connectivity index (χ0) is 22.4. The van der Waals surface area contributed by atoms with Crippen LogP contribution in [-0.2, 0) is 11.3 Å². The summed E-state index contributed by atoms with van der Waals surface area (Å²) in [4.78, 5) is 16.3. The standard InChI is InChI=1S/C23H26F2N2O4/c1-26(2)8-9-27(15-17-5-6-18(24)14-19(17)25)22(28)7-4-16-12-20(29-3)23-21(13-16)30-10-11-31-23/h4-7,12-14H,8-11,15H2,1-3H3. The van der Waals surface area contributed by atoms with Crippen molar-refractivity contribution in [2.24, 2.45) is 0 Å². The Labute approximate surface area is 180 Å². The first-order valence-corrected chi connectivity index (χ1v) is 9.90. The zero-order valence-electron chi connectivity index (χ0n) is 17.9. The summed E-state index contributed by atoms with van der Waals surface area (Å²) in [5, 5.41) is 0. The number of methoxy groups -OCH3 is 1. The third-order valence-electron chi connectivity index (χ3n) is 4.77. The molecule has 0 spiro atoms. The number of ether oxygens (including phenoxy) is 3. The molecule has 1 heterocycles. The van der Waals surface area contributed by atoms with Gasteiger partial charge in [0.15, 0.2) is 11.5 Å². The Kier molecular flexibility index (Phi) is 7.46. The Hall–Kier alpha value is -3.13. The second kappa shape index (κ2) is 10.3. The van der Waals surface area contributed by atoms with Crippen LogP contribution in [0.25, 0.3) is 6.08 Å². The minimum atomic E-state index is -0.678. The Morgan fingerprint density at radius 2 is 1.90 bits per heavy atom. The van der Waals surface area contributed by atoms with Gasteiger partial charge in [0.1, 0.15) is 24.8 Å². The smallest absolute Gasteiger partial charge is 0.246 e. The fourth-order valence-corrected chi connectivity index (χ4v) is 3.11. The van der Waals surface area contributed by atoms with Crippen molar-refractivity contribution in [1.29, 1.82) is 0 Å². The third-order valence-corrected chi connectivity index (χ3v) is 4.77. The van der Waals surface area contributed by atoms with E-state index in [0.717, 1.165) is 6.07 Å². The molecule has 31 heavy (non-hydrogen) atoms.